The van der Waals surface area contributed by atoms with Gasteiger partial charge in [-0.1, -0.05) is 42.5 Å². The Labute approximate surface area is 187 Å². The topological polar surface area (TPSA) is 95.5 Å². The highest BCUT2D eigenvalue weighted by atomic mass is 32.2. The monoisotopic (exact) mass is 452 g/mol. The van der Waals surface area contributed by atoms with Crippen LogP contribution >= 0.6 is 22.5 Å². The number of hydrogen-bond donors (Lipinski definition) is 2. The van der Waals surface area contributed by atoms with Crippen LogP contribution in [0, 0.1) is 0 Å². The zero-order valence-corrected chi connectivity index (χ0v) is 18.6. The van der Waals surface area contributed by atoms with E-state index in [1.54, 1.807) is 11.3 Å². The Hall–Kier alpha value is -3.01. The second-order valence-electron chi connectivity index (χ2n) is 6.90. The Morgan fingerprint density at radius 3 is 2.52 bits per heavy atom. The van der Waals surface area contributed by atoms with E-state index in [2.05, 4.69) is 46.1 Å². The predicted molar refractivity (Wildman–Crippen MR) is 124 cm³/mol. The summed E-state index contributed by atoms with van der Waals surface area (Å²) in [5.74, 6) is 0.954. The van der Waals surface area contributed by atoms with Gasteiger partial charge in [0.25, 0.3) is 0 Å². The van der Waals surface area contributed by atoms with Crippen LogP contribution in [-0.2, 0) is 13.1 Å². The average Bonchev–Trinajstić information content (AvgIpc) is 3.45. The van der Waals surface area contributed by atoms with Gasteiger partial charge >= 0.3 is 0 Å². The molecule has 0 saturated heterocycles. The third-order valence-electron chi connectivity index (χ3n) is 4.62. The van der Waals surface area contributed by atoms with Gasteiger partial charge in [0, 0.05) is 24.2 Å². The van der Waals surface area contributed by atoms with Crippen molar-refractivity contribution in [3.05, 3.63) is 93.7 Å². The molecule has 0 aliphatic heterocycles. The highest BCUT2D eigenvalue weighted by Crippen LogP contribution is 2.17. The molecule has 1 aromatic carbocycles. The van der Waals surface area contributed by atoms with E-state index in [0.29, 0.717) is 24.1 Å². The number of nitrogens with zero attached hydrogens (tertiary/aromatic N) is 4. The van der Waals surface area contributed by atoms with Crippen LogP contribution in [0.1, 0.15) is 16.9 Å². The summed E-state index contributed by atoms with van der Waals surface area (Å²) in [4.78, 5) is 17.2. The highest BCUT2D eigenvalue weighted by molar-refractivity contribution is 7.13. The van der Waals surface area contributed by atoms with Crippen molar-refractivity contribution >= 4 is 28.3 Å². The molecule has 0 fully saturated rings. The minimum Gasteiger partial charge on any atom is -0.549 e. The number of aromatic amines is 2. The summed E-state index contributed by atoms with van der Waals surface area (Å²) in [6.45, 7) is 2.74. The molecule has 0 spiro atoms. The molecule has 0 bridgehead atoms. The zero-order valence-electron chi connectivity index (χ0n) is 17.0. The summed E-state index contributed by atoms with van der Waals surface area (Å²) in [6, 6.07) is 20.1. The van der Waals surface area contributed by atoms with E-state index in [9.17, 15) is 4.55 Å². The molecule has 0 radical (unpaired) electrons. The van der Waals surface area contributed by atoms with Crippen LogP contribution < -0.4 is 15.9 Å². The van der Waals surface area contributed by atoms with Crippen molar-refractivity contribution in [3.8, 4) is 0 Å². The summed E-state index contributed by atoms with van der Waals surface area (Å²) in [7, 11) is 0. The Balaban J connectivity index is 1.42. The molecule has 9 heteroatoms. The fourth-order valence-corrected chi connectivity index (χ4v) is 4.57. The van der Waals surface area contributed by atoms with E-state index in [0.717, 1.165) is 30.9 Å². The molecule has 1 atom stereocenters. The van der Waals surface area contributed by atoms with Gasteiger partial charge < -0.3 is 9.45 Å². The van der Waals surface area contributed by atoms with Crippen LogP contribution in [0.4, 0.5) is 5.82 Å². The summed E-state index contributed by atoms with van der Waals surface area (Å²) < 4.78 is 17.6. The van der Waals surface area contributed by atoms with Crippen molar-refractivity contribution in [2.24, 2.45) is 9.98 Å². The van der Waals surface area contributed by atoms with E-state index < -0.39 is 11.1 Å². The van der Waals surface area contributed by atoms with Gasteiger partial charge in [-0.2, -0.15) is 8.75 Å². The molecule has 31 heavy (non-hydrogen) atoms. The SMILES string of the molecule is [O-][s+]1[nH]c(=NCCCN(Cc2cccs2)c2ccccn2)c(=NCc2ccccc2)[nH]1. The largest absolute Gasteiger partial charge is 0.549 e. The molecule has 3 heterocycles. The van der Waals surface area contributed by atoms with Crippen molar-refractivity contribution in [3.63, 3.8) is 0 Å². The van der Waals surface area contributed by atoms with E-state index >= 15 is 0 Å². The molecule has 2 N–H and O–H groups in total. The van der Waals surface area contributed by atoms with Crippen LogP contribution in [0.25, 0.3) is 0 Å². The summed E-state index contributed by atoms with van der Waals surface area (Å²) in [5.41, 5.74) is 2.19. The highest BCUT2D eigenvalue weighted by Gasteiger charge is 2.09. The van der Waals surface area contributed by atoms with E-state index in [-0.39, 0.29) is 0 Å². The van der Waals surface area contributed by atoms with E-state index in [4.69, 9.17) is 0 Å². The number of nitrogens with one attached hydrogen (secondary N) is 2. The maximum Gasteiger partial charge on any atom is 0.219 e. The molecule has 160 valence electrons. The number of aromatic nitrogens is 3. The first kappa shape index (κ1) is 21.2. The number of hydrogen-bond acceptors (Lipinski definition) is 6. The first-order valence-electron chi connectivity index (χ1n) is 10.0. The average molecular weight is 453 g/mol. The lowest BCUT2D eigenvalue weighted by molar-refractivity contribution is 0.584. The second kappa shape index (κ2) is 10.9. The maximum atomic E-state index is 11.9. The zero-order chi connectivity index (χ0) is 21.3. The van der Waals surface area contributed by atoms with Crippen LogP contribution in [0.3, 0.4) is 0 Å². The normalized spacial score (nSPS) is 13.0. The molecule has 0 amide bonds. The second-order valence-corrected chi connectivity index (χ2v) is 8.87. The van der Waals surface area contributed by atoms with Gasteiger partial charge in [0.05, 0.1) is 13.1 Å². The van der Waals surface area contributed by atoms with Crippen LogP contribution in [-0.4, -0.2) is 31.4 Å². The molecule has 7 nitrogen and oxygen atoms in total. The minimum absolute atomic E-state index is 0.509. The summed E-state index contributed by atoms with van der Waals surface area (Å²) in [5, 5.41) is 2.09. The molecule has 4 rings (SSSR count). The first-order chi connectivity index (χ1) is 15.3. The number of benzene rings is 1. The van der Waals surface area contributed by atoms with Gasteiger partial charge in [-0.3, -0.25) is 9.98 Å². The Kier molecular flexibility index (Phi) is 7.43. The number of rotatable bonds is 9. The molecule has 1 unspecified atom stereocenters. The standard InChI is InChI=1S/C22H24N6OS2/c29-31-26-21(22(27-31)25-16-18-8-2-1-3-9-18)24-13-7-14-28(17-19-10-6-15-30-19)20-11-4-5-12-23-20/h1-6,8-12,15H,7,13-14,16-17H2,(H,24,26)(H,25,27). The van der Waals surface area contributed by atoms with Gasteiger partial charge in [-0.25, -0.2) is 4.98 Å². The van der Waals surface area contributed by atoms with Gasteiger partial charge in [-0.05, 0) is 35.6 Å². The lowest BCUT2D eigenvalue weighted by Gasteiger charge is -2.22. The van der Waals surface area contributed by atoms with Crippen molar-refractivity contribution in [2.45, 2.75) is 19.5 Å². The van der Waals surface area contributed by atoms with Crippen LogP contribution in [0.2, 0.25) is 0 Å². The predicted octanol–water partition coefficient (Wildman–Crippen LogP) is 3.63. The van der Waals surface area contributed by atoms with Gasteiger partial charge in [0.15, 0.2) is 0 Å². The number of H-pyrrole nitrogens is 2. The first-order valence-corrected chi connectivity index (χ1v) is 12.1. The third kappa shape index (κ3) is 6.24. The van der Waals surface area contributed by atoms with E-state index in [1.165, 1.54) is 4.88 Å². The van der Waals surface area contributed by atoms with Crippen LogP contribution in [0.5, 0.6) is 0 Å². The lowest BCUT2D eigenvalue weighted by Crippen LogP contribution is -2.27. The number of anilines is 1. The molecular weight excluding hydrogens is 428 g/mol. The quantitative estimate of drug-likeness (QED) is 0.300. The molecule has 3 aromatic heterocycles. The number of pyridine rings is 1. The van der Waals surface area contributed by atoms with Crippen molar-refractivity contribution in [1.82, 2.24) is 13.7 Å². The van der Waals surface area contributed by atoms with Crippen LogP contribution in [0.15, 0.2) is 82.2 Å². The van der Waals surface area contributed by atoms with Gasteiger partial charge in [0.1, 0.15) is 17.0 Å². The Bertz CT molecular complexity index is 1180. The molecule has 0 aliphatic carbocycles. The van der Waals surface area contributed by atoms with Crippen molar-refractivity contribution < 1.29 is 4.55 Å². The maximum absolute atomic E-state index is 11.9. The number of thiophene rings is 1. The molecule has 0 aliphatic rings. The Morgan fingerprint density at radius 1 is 0.968 bits per heavy atom. The molecule has 4 aromatic rings. The van der Waals surface area contributed by atoms with Crippen molar-refractivity contribution in [1.29, 1.82) is 0 Å². The molecule has 0 saturated carbocycles. The molecular formula is C22H24N6OS2. The fraction of sp³-hybridized carbons (Fsp3) is 0.227. The van der Waals surface area contributed by atoms with Gasteiger partial charge in [-0.15, -0.1) is 11.3 Å². The minimum atomic E-state index is -1.39. The van der Waals surface area contributed by atoms with Crippen molar-refractivity contribution in [2.75, 3.05) is 18.0 Å². The summed E-state index contributed by atoms with van der Waals surface area (Å²) in [6.07, 6.45) is 2.65. The lowest BCUT2D eigenvalue weighted by atomic mass is 10.2. The third-order valence-corrected chi connectivity index (χ3v) is 6.24. The smallest absolute Gasteiger partial charge is 0.219 e. The fourth-order valence-electron chi connectivity index (χ4n) is 3.12. The van der Waals surface area contributed by atoms with E-state index in [1.807, 2.05) is 54.7 Å². The van der Waals surface area contributed by atoms with Gasteiger partial charge in [0.2, 0.25) is 11.0 Å². The summed E-state index contributed by atoms with van der Waals surface area (Å²) >= 11 is 0.358. The Morgan fingerprint density at radius 2 is 1.77 bits per heavy atom.